The predicted octanol–water partition coefficient (Wildman–Crippen LogP) is 14.0. The summed E-state index contributed by atoms with van der Waals surface area (Å²) in [7, 11) is 0. The Morgan fingerprint density at radius 1 is 0.469 bits per heavy atom. The third-order valence-electron chi connectivity index (χ3n) is 15.5. The van der Waals surface area contributed by atoms with Crippen LogP contribution >= 0.6 is 0 Å². The van der Waals surface area contributed by atoms with E-state index in [1.165, 1.54) is 94.0 Å². The van der Waals surface area contributed by atoms with Crippen LogP contribution in [0.3, 0.4) is 0 Å². The number of rotatable bonds is 7. The largest absolute Gasteiger partial charge is 0.0842 e. The molecule has 0 heterocycles. The topological polar surface area (TPSA) is 0 Å². The minimum absolute atomic E-state index is 0.295. The highest BCUT2D eigenvalue weighted by atomic mass is 14.5. The SMILES string of the molecule is Cc1ccc(C2(C3=CC=C(C4=c5ccccc5=C(C5=CC=C(C=CC6=CC=C(C7=CC=CCC7)C7C=CC=CC67)CC5)C5C=CC=CC45)CC3)c3ccccc3-c3ccccc32)cc1. The van der Waals surface area contributed by atoms with Gasteiger partial charge in [0.1, 0.15) is 0 Å². The van der Waals surface area contributed by atoms with E-state index in [1.807, 2.05) is 0 Å². The van der Waals surface area contributed by atoms with Crippen LogP contribution in [0.4, 0.5) is 0 Å². The monoisotopic (exact) mass is 822 g/mol. The molecule has 0 N–H and O–H groups in total. The number of allylic oxidation sites excluding steroid dienone is 26. The summed E-state index contributed by atoms with van der Waals surface area (Å²) in [5.41, 5.74) is 21.1. The maximum absolute atomic E-state index is 2.51. The van der Waals surface area contributed by atoms with Crippen LogP contribution in [-0.4, -0.2) is 0 Å². The molecule has 0 heteroatoms. The first-order valence-electron chi connectivity index (χ1n) is 23.7. The normalized spacial score (nSPS) is 24.6. The van der Waals surface area contributed by atoms with Crippen LogP contribution in [0.1, 0.15) is 60.8 Å². The smallest absolute Gasteiger partial charge is 0.0676 e. The highest BCUT2D eigenvalue weighted by Crippen LogP contribution is 2.58. The minimum atomic E-state index is -0.324. The highest BCUT2D eigenvalue weighted by Gasteiger charge is 2.47. The Balaban J connectivity index is 0.923. The zero-order valence-corrected chi connectivity index (χ0v) is 36.8. The van der Waals surface area contributed by atoms with Crippen molar-refractivity contribution >= 4 is 11.1 Å². The molecule has 8 aliphatic carbocycles. The van der Waals surface area contributed by atoms with Gasteiger partial charge in [-0.2, -0.15) is 0 Å². The van der Waals surface area contributed by atoms with Gasteiger partial charge in [-0.25, -0.2) is 0 Å². The number of hydrogen-bond donors (Lipinski definition) is 0. The average molecular weight is 823 g/mol. The molecule has 4 unspecified atom stereocenters. The Kier molecular flexibility index (Phi) is 9.78. The lowest BCUT2D eigenvalue weighted by Gasteiger charge is -2.39. The standard InChI is InChI=1S/C64H54/c1-43-27-38-49(39-28-43)64(60-25-13-11-19-54(60)55-20-12-14-26-61(55)64)50-40-35-48(36-41-50)63-58-23-9-7-21-56(58)62(57-22-8-10-24-59(57)63)47-33-30-44(31-34-47)29-32-46-37-42-52(45-15-3-2-4-16-45)53-18-6-5-17-51(46)53/h2-3,5-15,17-30,32-33,35,37-40,42,51,53,56,58H,4,16,31,34,36,41H2,1H3. The van der Waals surface area contributed by atoms with Crippen molar-refractivity contribution in [1.29, 1.82) is 0 Å². The molecule has 0 amide bonds. The molecule has 0 bridgehead atoms. The minimum Gasteiger partial charge on any atom is -0.0842 e. The van der Waals surface area contributed by atoms with Gasteiger partial charge in [-0.05, 0) is 128 Å². The summed E-state index contributed by atoms with van der Waals surface area (Å²) >= 11 is 0. The summed E-state index contributed by atoms with van der Waals surface area (Å²) in [4.78, 5) is 0. The Morgan fingerprint density at radius 2 is 1.08 bits per heavy atom. The molecule has 0 spiro atoms. The van der Waals surface area contributed by atoms with Crippen molar-refractivity contribution < 1.29 is 0 Å². The van der Waals surface area contributed by atoms with Crippen LogP contribution in [0, 0.1) is 30.6 Å². The Bertz CT molecular complexity index is 3110. The van der Waals surface area contributed by atoms with Gasteiger partial charge in [0.2, 0.25) is 0 Å². The Morgan fingerprint density at radius 3 is 1.69 bits per heavy atom. The summed E-state index contributed by atoms with van der Waals surface area (Å²) in [6.07, 6.45) is 51.5. The lowest BCUT2D eigenvalue weighted by atomic mass is 9.63. The number of fused-ring (bicyclic) bond motifs is 6. The third-order valence-corrected chi connectivity index (χ3v) is 15.5. The fraction of sp³-hybridized carbons (Fsp3) is 0.188. The van der Waals surface area contributed by atoms with Gasteiger partial charge in [-0.15, -0.1) is 0 Å². The van der Waals surface area contributed by atoms with Crippen LogP contribution in [0.25, 0.3) is 22.3 Å². The van der Waals surface area contributed by atoms with Crippen molar-refractivity contribution in [3.05, 3.63) is 284 Å². The number of hydrogen-bond acceptors (Lipinski definition) is 0. The Hall–Kier alpha value is -6.76. The molecule has 8 aliphatic rings. The second-order valence-corrected chi connectivity index (χ2v) is 18.8. The van der Waals surface area contributed by atoms with Crippen molar-refractivity contribution in [2.24, 2.45) is 23.7 Å². The zero-order chi connectivity index (χ0) is 42.6. The summed E-state index contributed by atoms with van der Waals surface area (Å²) in [5.74, 6) is 1.40. The second kappa shape index (κ2) is 16.1. The fourth-order valence-corrected chi connectivity index (χ4v) is 12.5. The molecule has 4 aromatic carbocycles. The van der Waals surface area contributed by atoms with Gasteiger partial charge in [0.15, 0.2) is 0 Å². The first-order chi connectivity index (χ1) is 31.7. The molecule has 0 aliphatic heterocycles. The molecule has 0 fully saturated rings. The summed E-state index contributed by atoms with van der Waals surface area (Å²) < 4.78 is 0. The van der Waals surface area contributed by atoms with E-state index in [-0.39, 0.29) is 5.41 Å². The summed E-state index contributed by atoms with van der Waals surface area (Å²) in [6.45, 7) is 2.20. The first kappa shape index (κ1) is 38.9. The fourth-order valence-electron chi connectivity index (χ4n) is 12.5. The van der Waals surface area contributed by atoms with E-state index in [1.54, 1.807) is 0 Å². The van der Waals surface area contributed by atoms with E-state index in [0.717, 1.165) is 38.5 Å². The zero-order valence-electron chi connectivity index (χ0n) is 36.8. The lowest BCUT2D eigenvalue weighted by Crippen LogP contribution is -2.41. The third kappa shape index (κ3) is 6.33. The van der Waals surface area contributed by atoms with Crippen molar-refractivity contribution in [1.82, 2.24) is 0 Å². The number of aryl methyl sites for hydroxylation is 1. The lowest BCUT2D eigenvalue weighted by molar-refractivity contribution is 0.602. The molecule has 0 saturated heterocycles. The molecule has 0 aromatic heterocycles. The number of benzene rings is 4. The molecular formula is C64H54. The van der Waals surface area contributed by atoms with E-state index >= 15 is 0 Å². The maximum atomic E-state index is 2.51. The van der Waals surface area contributed by atoms with E-state index < -0.39 is 0 Å². The predicted molar refractivity (Wildman–Crippen MR) is 269 cm³/mol. The average Bonchev–Trinajstić information content (AvgIpc) is 3.66. The molecule has 0 radical (unpaired) electrons. The first-order valence-corrected chi connectivity index (χ1v) is 23.7. The van der Waals surface area contributed by atoms with Gasteiger partial charge in [-0.3, -0.25) is 0 Å². The molecule has 310 valence electrons. The van der Waals surface area contributed by atoms with Gasteiger partial charge in [0.25, 0.3) is 0 Å². The van der Waals surface area contributed by atoms with Crippen molar-refractivity contribution in [2.75, 3.05) is 0 Å². The van der Waals surface area contributed by atoms with Crippen LogP contribution < -0.4 is 10.4 Å². The molecule has 0 saturated carbocycles. The van der Waals surface area contributed by atoms with Gasteiger partial charge in [-0.1, -0.05) is 224 Å². The van der Waals surface area contributed by atoms with E-state index in [4.69, 9.17) is 0 Å². The maximum Gasteiger partial charge on any atom is 0.0676 e. The van der Waals surface area contributed by atoms with Crippen molar-refractivity contribution in [3.63, 3.8) is 0 Å². The summed E-state index contributed by atoms with van der Waals surface area (Å²) in [6, 6.07) is 36.9. The summed E-state index contributed by atoms with van der Waals surface area (Å²) in [5, 5.41) is 2.81. The van der Waals surface area contributed by atoms with Crippen LogP contribution in [0.15, 0.2) is 252 Å². The molecule has 0 nitrogen and oxygen atoms in total. The highest BCUT2D eigenvalue weighted by molar-refractivity contribution is 5.87. The van der Waals surface area contributed by atoms with Crippen molar-refractivity contribution in [3.8, 4) is 11.1 Å². The van der Waals surface area contributed by atoms with Crippen LogP contribution in [0.2, 0.25) is 0 Å². The quantitative estimate of drug-likeness (QED) is 0.174. The molecule has 12 rings (SSSR count). The van der Waals surface area contributed by atoms with Gasteiger partial charge in [0.05, 0.1) is 5.41 Å². The molecule has 4 aromatic rings. The van der Waals surface area contributed by atoms with Gasteiger partial charge < -0.3 is 0 Å². The van der Waals surface area contributed by atoms with Crippen LogP contribution in [-0.2, 0) is 5.41 Å². The second-order valence-electron chi connectivity index (χ2n) is 18.8. The van der Waals surface area contributed by atoms with Gasteiger partial charge in [0, 0.05) is 23.7 Å². The van der Waals surface area contributed by atoms with E-state index in [9.17, 15) is 0 Å². The molecular weight excluding hydrogens is 769 g/mol. The van der Waals surface area contributed by atoms with Crippen LogP contribution in [0.5, 0.6) is 0 Å². The van der Waals surface area contributed by atoms with Crippen molar-refractivity contribution in [2.45, 2.75) is 50.9 Å². The van der Waals surface area contributed by atoms with E-state index in [2.05, 4.69) is 219 Å². The van der Waals surface area contributed by atoms with Gasteiger partial charge >= 0.3 is 0 Å². The molecule has 4 atom stereocenters. The van der Waals surface area contributed by atoms with E-state index in [0.29, 0.717) is 23.7 Å². The Labute approximate surface area is 379 Å². The molecule has 64 heavy (non-hydrogen) atoms.